The van der Waals surface area contributed by atoms with E-state index in [0.717, 1.165) is 22.8 Å². The van der Waals surface area contributed by atoms with E-state index >= 15 is 0 Å². The van der Waals surface area contributed by atoms with Crippen molar-refractivity contribution < 1.29 is 13.2 Å². The van der Waals surface area contributed by atoms with Gasteiger partial charge in [0, 0.05) is 0 Å². The Balaban J connectivity index is 2.46. The maximum absolute atomic E-state index is 12.7. The van der Waals surface area contributed by atoms with Gasteiger partial charge >= 0.3 is 6.18 Å². The van der Waals surface area contributed by atoms with Gasteiger partial charge in [0.1, 0.15) is 6.04 Å². The summed E-state index contributed by atoms with van der Waals surface area (Å²) in [5, 5.41) is 1.81. The van der Waals surface area contributed by atoms with Crippen LogP contribution in [0.25, 0.3) is 10.8 Å². The number of nitrogens with two attached hydrogens (primary N) is 1. The number of fused-ring (bicyclic) bond motifs is 1. The molecule has 20 heavy (non-hydrogen) atoms. The molecule has 2 aromatic rings. The average Bonchev–Trinajstić information content (AvgIpc) is 2.36. The Morgan fingerprint density at radius 2 is 1.80 bits per heavy atom. The van der Waals surface area contributed by atoms with Crippen LogP contribution >= 0.6 is 0 Å². The Labute approximate surface area is 116 Å². The third-order valence-electron chi connectivity index (χ3n) is 3.33. The van der Waals surface area contributed by atoms with Crippen molar-refractivity contribution in [3.8, 4) is 0 Å². The zero-order valence-corrected chi connectivity index (χ0v) is 11.5. The molecule has 0 bridgehead atoms. The third-order valence-corrected chi connectivity index (χ3v) is 3.33. The molecule has 0 radical (unpaired) electrons. The van der Waals surface area contributed by atoms with E-state index in [2.05, 4.69) is 13.8 Å². The predicted molar refractivity (Wildman–Crippen MR) is 75.5 cm³/mol. The van der Waals surface area contributed by atoms with Crippen LogP contribution in [0, 0.1) is 5.92 Å². The molecular formula is C16H18F3N. The van der Waals surface area contributed by atoms with Gasteiger partial charge in [-0.05, 0) is 40.3 Å². The Kier molecular flexibility index (Phi) is 4.04. The second-order valence-corrected chi connectivity index (χ2v) is 5.51. The molecule has 0 aliphatic heterocycles. The largest absolute Gasteiger partial charge is 0.407 e. The minimum absolute atomic E-state index is 0.103. The third kappa shape index (κ3) is 3.12. The highest BCUT2D eigenvalue weighted by Gasteiger charge is 2.37. The van der Waals surface area contributed by atoms with E-state index in [1.54, 1.807) is 6.07 Å². The topological polar surface area (TPSA) is 26.0 Å². The van der Waals surface area contributed by atoms with Crippen molar-refractivity contribution in [1.29, 1.82) is 0 Å². The molecule has 0 unspecified atom stereocenters. The van der Waals surface area contributed by atoms with E-state index < -0.39 is 12.2 Å². The summed E-state index contributed by atoms with van der Waals surface area (Å²) in [6, 6.07) is 8.55. The highest BCUT2D eigenvalue weighted by atomic mass is 19.4. The Morgan fingerprint density at radius 3 is 2.40 bits per heavy atom. The second-order valence-electron chi connectivity index (χ2n) is 5.51. The molecule has 0 fully saturated rings. The van der Waals surface area contributed by atoms with Gasteiger partial charge in [0.25, 0.3) is 0 Å². The molecule has 0 saturated carbocycles. The summed E-state index contributed by atoms with van der Waals surface area (Å²) >= 11 is 0. The first-order valence-electron chi connectivity index (χ1n) is 6.63. The molecule has 108 valence electrons. The first kappa shape index (κ1) is 14.9. The smallest absolute Gasteiger partial charge is 0.316 e. The van der Waals surface area contributed by atoms with Gasteiger partial charge in [0.15, 0.2) is 0 Å². The summed E-state index contributed by atoms with van der Waals surface area (Å²) < 4.78 is 38.0. The predicted octanol–water partition coefficient (Wildman–Crippen LogP) is 4.60. The van der Waals surface area contributed by atoms with E-state index in [4.69, 9.17) is 5.73 Å². The number of hydrogen-bond donors (Lipinski definition) is 1. The average molecular weight is 281 g/mol. The molecule has 0 spiro atoms. The van der Waals surface area contributed by atoms with Crippen molar-refractivity contribution in [2.75, 3.05) is 0 Å². The SMILES string of the molecule is CC(C)Cc1cccc2cc([C@H](N)C(F)(F)F)ccc12. The lowest BCUT2D eigenvalue weighted by Gasteiger charge is -2.17. The van der Waals surface area contributed by atoms with Gasteiger partial charge in [-0.15, -0.1) is 0 Å². The lowest BCUT2D eigenvalue weighted by molar-refractivity contribution is -0.149. The first-order chi connectivity index (χ1) is 9.29. The lowest BCUT2D eigenvalue weighted by Crippen LogP contribution is -2.28. The van der Waals surface area contributed by atoms with Crippen molar-refractivity contribution in [3.63, 3.8) is 0 Å². The molecule has 1 nitrogen and oxygen atoms in total. The summed E-state index contributed by atoms with van der Waals surface area (Å²) in [5.41, 5.74) is 6.52. The van der Waals surface area contributed by atoms with E-state index in [1.807, 2.05) is 18.2 Å². The molecule has 2 rings (SSSR count). The molecule has 0 amide bonds. The number of rotatable bonds is 3. The maximum Gasteiger partial charge on any atom is 0.407 e. The van der Waals surface area contributed by atoms with Crippen LogP contribution in [0.3, 0.4) is 0 Å². The van der Waals surface area contributed by atoms with E-state index in [1.165, 1.54) is 12.1 Å². The van der Waals surface area contributed by atoms with Crippen molar-refractivity contribution >= 4 is 10.8 Å². The van der Waals surface area contributed by atoms with E-state index in [9.17, 15) is 13.2 Å². The van der Waals surface area contributed by atoms with Crippen molar-refractivity contribution in [1.82, 2.24) is 0 Å². The van der Waals surface area contributed by atoms with Crippen molar-refractivity contribution in [2.24, 2.45) is 11.7 Å². The molecule has 0 saturated heterocycles. The van der Waals surface area contributed by atoms with Crippen LogP contribution in [0.15, 0.2) is 36.4 Å². The molecule has 0 heterocycles. The monoisotopic (exact) mass is 281 g/mol. The summed E-state index contributed by atoms with van der Waals surface area (Å²) in [6.07, 6.45) is -3.51. The molecule has 0 aliphatic carbocycles. The number of benzene rings is 2. The van der Waals surface area contributed by atoms with Crippen LogP contribution in [0.4, 0.5) is 13.2 Å². The van der Waals surface area contributed by atoms with Crippen LogP contribution in [0.5, 0.6) is 0 Å². The maximum atomic E-state index is 12.7. The quantitative estimate of drug-likeness (QED) is 0.874. The summed E-state index contributed by atoms with van der Waals surface area (Å²) in [7, 11) is 0. The molecule has 1 atom stereocenters. The summed E-state index contributed by atoms with van der Waals surface area (Å²) in [4.78, 5) is 0. The first-order valence-corrected chi connectivity index (χ1v) is 6.63. The van der Waals surface area contributed by atoms with E-state index in [-0.39, 0.29) is 5.56 Å². The van der Waals surface area contributed by atoms with Crippen LogP contribution < -0.4 is 5.73 Å². The molecule has 4 heteroatoms. The van der Waals surface area contributed by atoms with Gasteiger partial charge in [-0.25, -0.2) is 0 Å². The summed E-state index contributed by atoms with van der Waals surface area (Å²) in [6.45, 7) is 4.24. The highest BCUT2D eigenvalue weighted by molar-refractivity contribution is 5.86. The Morgan fingerprint density at radius 1 is 1.10 bits per heavy atom. The van der Waals surface area contributed by atoms with Crippen LogP contribution in [0.2, 0.25) is 0 Å². The van der Waals surface area contributed by atoms with Gasteiger partial charge in [-0.2, -0.15) is 13.2 Å². The lowest BCUT2D eigenvalue weighted by atomic mass is 9.94. The minimum atomic E-state index is -4.41. The standard InChI is InChI=1S/C16H18F3N/c1-10(2)8-11-4-3-5-12-9-13(6-7-14(11)12)15(20)16(17,18)19/h3-7,9-10,15H,8,20H2,1-2H3/t15-/m0/s1. The zero-order chi connectivity index (χ0) is 14.9. The Bertz CT molecular complexity index is 602. The van der Waals surface area contributed by atoms with Crippen LogP contribution in [-0.4, -0.2) is 6.18 Å². The molecule has 0 aliphatic rings. The molecule has 2 N–H and O–H groups in total. The van der Waals surface area contributed by atoms with Gasteiger partial charge in [0.05, 0.1) is 0 Å². The molecule has 2 aromatic carbocycles. The molecular weight excluding hydrogens is 263 g/mol. The second kappa shape index (κ2) is 5.44. The summed E-state index contributed by atoms with van der Waals surface area (Å²) in [5.74, 6) is 0.498. The Hall–Kier alpha value is -1.55. The number of alkyl halides is 3. The minimum Gasteiger partial charge on any atom is -0.316 e. The molecule has 0 aromatic heterocycles. The fourth-order valence-electron chi connectivity index (χ4n) is 2.37. The van der Waals surface area contributed by atoms with Gasteiger partial charge in [-0.3, -0.25) is 0 Å². The number of hydrogen-bond acceptors (Lipinski definition) is 1. The number of halogens is 3. The fourth-order valence-corrected chi connectivity index (χ4v) is 2.37. The van der Waals surface area contributed by atoms with Gasteiger partial charge in [0.2, 0.25) is 0 Å². The van der Waals surface area contributed by atoms with Crippen molar-refractivity contribution in [3.05, 3.63) is 47.5 Å². The fraction of sp³-hybridized carbons (Fsp3) is 0.375. The van der Waals surface area contributed by atoms with Gasteiger partial charge < -0.3 is 5.73 Å². The van der Waals surface area contributed by atoms with E-state index in [0.29, 0.717) is 5.92 Å². The van der Waals surface area contributed by atoms with Crippen molar-refractivity contribution in [2.45, 2.75) is 32.5 Å². The zero-order valence-electron chi connectivity index (χ0n) is 11.5. The highest BCUT2D eigenvalue weighted by Crippen LogP contribution is 2.32. The van der Waals surface area contributed by atoms with Gasteiger partial charge in [-0.1, -0.05) is 44.2 Å². The van der Waals surface area contributed by atoms with Crippen LogP contribution in [0.1, 0.15) is 31.0 Å². The van der Waals surface area contributed by atoms with Crippen LogP contribution in [-0.2, 0) is 6.42 Å². The normalized spacial score (nSPS) is 13.9.